The van der Waals surface area contributed by atoms with Crippen molar-refractivity contribution in [3.8, 4) is 0 Å². The molecule has 0 heterocycles. The number of rotatable bonds is 1. The zero-order valence-corrected chi connectivity index (χ0v) is 10.5. The van der Waals surface area contributed by atoms with E-state index in [9.17, 15) is 0 Å². The molecular formula is C9H15NaS. The van der Waals surface area contributed by atoms with Crippen LogP contribution < -0.4 is 29.6 Å². The maximum Gasteiger partial charge on any atom is 1.00 e. The summed E-state index contributed by atoms with van der Waals surface area (Å²) in [5.74, 6) is 0.659. The monoisotopic (exact) mass is 178 g/mol. The van der Waals surface area contributed by atoms with Crippen LogP contribution in [0.1, 0.15) is 26.8 Å². The zero-order chi connectivity index (χ0) is 6.69. The Balaban J connectivity index is -0.000000270. The van der Waals surface area contributed by atoms with Crippen LogP contribution in [-0.4, -0.2) is 0 Å². The quantitative estimate of drug-likeness (QED) is 0.533. The number of benzene rings is 1. The van der Waals surface area contributed by atoms with Gasteiger partial charge in [-0.05, 0) is 11.5 Å². The van der Waals surface area contributed by atoms with Crippen molar-refractivity contribution >= 4 is 13.5 Å². The van der Waals surface area contributed by atoms with E-state index in [0.29, 0.717) is 5.92 Å². The van der Waals surface area contributed by atoms with E-state index in [-0.39, 0.29) is 44.5 Å². The van der Waals surface area contributed by atoms with Crippen molar-refractivity contribution in [1.29, 1.82) is 0 Å². The molecule has 0 radical (unpaired) electrons. The summed E-state index contributed by atoms with van der Waals surface area (Å²) in [6, 6.07) is 10.5. The van der Waals surface area contributed by atoms with Crippen molar-refractivity contribution in [3.63, 3.8) is 0 Å². The Morgan fingerprint density at radius 1 is 1.09 bits per heavy atom. The summed E-state index contributed by atoms with van der Waals surface area (Å²) in [5.41, 5.74) is 1.41. The Bertz CT molecular complexity index is 177. The van der Waals surface area contributed by atoms with Gasteiger partial charge in [0.2, 0.25) is 0 Å². The largest absolute Gasteiger partial charge is 1.00 e. The molecular weight excluding hydrogens is 163 g/mol. The Morgan fingerprint density at radius 3 is 1.82 bits per heavy atom. The smallest absolute Gasteiger partial charge is 1.00 e. The summed E-state index contributed by atoms with van der Waals surface area (Å²) < 4.78 is 0. The van der Waals surface area contributed by atoms with Crippen LogP contribution in [-0.2, 0) is 0 Å². The Hall–Kier alpha value is 0.570. The molecule has 0 nitrogen and oxygen atoms in total. The second-order valence-corrected chi connectivity index (χ2v) is 2.57. The second kappa shape index (κ2) is 7.23. The molecule has 0 atom stereocenters. The first-order chi connectivity index (χ1) is 4.30. The van der Waals surface area contributed by atoms with Crippen molar-refractivity contribution in [1.82, 2.24) is 0 Å². The molecule has 0 aliphatic heterocycles. The van der Waals surface area contributed by atoms with Crippen molar-refractivity contribution < 1.29 is 31.0 Å². The van der Waals surface area contributed by atoms with Crippen LogP contribution in [0.5, 0.6) is 0 Å². The molecule has 0 amide bonds. The summed E-state index contributed by atoms with van der Waals surface area (Å²) in [7, 11) is 0. The molecule has 0 saturated carbocycles. The minimum absolute atomic E-state index is 0. The second-order valence-electron chi connectivity index (χ2n) is 2.57. The van der Waals surface area contributed by atoms with Gasteiger partial charge in [-0.1, -0.05) is 44.2 Å². The zero-order valence-electron chi connectivity index (χ0n) is 8.46. The maximum atomic E-state index is 2.20. The fourth-order valence-corrected chi connectivity index (χ4v) is 0.838. The third kappa shape index (κ3) is 4.91. The minimum atomic E-state index is 0. The van der Waals surface area contributed by atoms with Crippen LogP contribution in [0.2, 0.25) is 0 Å². The van der Waals surface area contributed by atoms with E-state index in [1.807, 2.05) is 6.07 Å². The molecule has 0 aliphatic rings. The molecule has 1 aromatic rings. The van der Waals surface area contributed by atoms with E-state index in [2.05, 4.69) is 38.1 Å². The minimum Gasteiger partial charge on any atom is -1.00 e. The molecule has 11 heavy (non-hydrogen) atoms. The molecule has 58 valence electrons. The summed E-state index contributed by atoms with van der Waals surface area (Å²) in [6.07, 6.45) is 0. The molecule has 0 aromatic heterocycles. The molecule has 2 heteroatoms. The van der Waals surface area contributed by atoms with E-state index < -0.39 is 0 Å². The topological polar surface area (TPSA) is 0 Å². The molecule has 0 spiro atoms. The molecule has 1 aromatic carbocycles. The van der Waals surface area contributed by atoms with Gasteiger partial charge in [0, 0.05) is 0 Å². The predicted molar refractivity (Wildman–Crippen MR) is 52.0 cm³/mol. The van der Waals surface area contributed by atoms with Crippen LogP contribution in [0.25, 0.3) is 0 Å². The van der Waals surface area contributed by atoms with E-state index in [0.717, 1.165) is 0 Å². The van der Waals surface area contributed by atoms with Crippen molar-refractivity contribution in [3.05, 3.63) is 35.9 Å². The van der Waals surface area contributed by atoms with E-state index >= 15 is 0 Å². The molecule has 0 aliphatic carbocycles. The molecule has 1 rings (SSSR count). The normalized spacial score (nSPS) is 8.27. The molecule has 0 saturated heterocycles. The predicted octanol–water partition coefficient (Wildman–Crippen LogP) is 0.0393. The number of hydrogen-bond donors (Lipinski definition) is 0. The Kier molecular flexibility index (Phi) is 9.28. The van der Waals surface area contributed by atoms with Gasteiger partial charge in [0.15, 0.2) is 0 Å². The van der Waals surface area contributed by atoms with Gasteiger partial charge in [-0.15, -0.1) is 0 Å². The molecule has 0 fully saturated rings. The van der Waals surface area contributed by atoms with Gasteiger partial charge in [-0.3, -0.25) is 0 Å². The van der Waals surface area contributed by atoms with E-state index in [1.54, 1.807) is 0 Å². The first-order valence-electron chi connectivity index (χ1n) is 3.35. The van der Waals surface area contributed by atoms with Gasteiger partial charge >= 0.3 is 29.6 Å². The SMILES string of the molecule is CC(C)c1ccccc1.S.[H-].[Na+]. The molecule has 0 bridgehead atoms. The van der Waals surface area contributed by atoms with E-state index in [4.69, 9.17) is 0 Å². The first kappa shape index (κ1) is 14.1. The summed E-state index contributed by atoms with van der Waals surface area (Å²) in [6.45, 7) is 4.41. The fourth-order valence-electron chi connectivity index (χ4n) is 0.838. The van der Waals surface area contributed by atoms with E-state index in [1.165, 1.54) is 5.56 Å². The maximum absolute atomic E-state index is 2.20. The van der Waals surface area contributed by atoms with Crippen LogP contribution in [0.15, 0.2) is 30.3 Å². The van der Waals surface area contributed by atoms with Gasteiger partial charge in [0.25, 0.3) is 0 Å². The van der Waals surface area contributed by atoms with Gasteiger partial charge < -0.3 is 1.43 Å². The first-order valence-corrected chi connectivity index (χ1v) is 3.35. The van der Waals surface area contributed by atoms with Crippen LogP contribution in [0.3, 0.4) is 0 Å². The van der Waals surface area contributed by atoms with Crippen LogP contribution in [0, 0.1) is 0 Å². The van der Waals surface area contributed by atoms with Crippen LogP contribution >= 0.6 is 13.5 Å². The molecule has 0 N–H and O–H groups in total. The van der Waals surface area contributed by atoms with Gasteiger partial charge in [0.05, 0.1) is 0 Å². The van der Waals surface area contributed by atoms with Crippen molar-refractivity contribution in [2.45, 2.75) is 19.8 Å². The summed E-state index contributed by atoms with van der Waals surface area (Å²) in [4.78, 5) is 0. The Morgan fingerprint density at radius 2 is 1.55 bits per heavy atom. The summed E-state index contributed by atoms with van der Waals surface area (Å²) in [5, 5.41) is 0. The van der Waals surface area contributed by atoms with Gasteiger partial charge in [-0.25, -0.2) is 0 Å². The van der Waals surface area contributed by atoms with Crippen molar-refractivity contribution in [2.75, 3.05) is 0 Å². The van der Waals surface area contributed by atoms with Gasteiger partial charge in [0.1, 0.15) is 0 Å². The van der Waals surface area contributed by atoms with Crippen LogP contribution in [0.4, 0.5) is 0 Å². The van der Waals surface area contributed by atoms with Gasteiger partial charge in [-0.2, -0.15) is 13.5 Å². The average Bonchev–Trinajstić information content (AvgIpc) is 1.90. The van der Waals surface area contributed by atoms with Crippen molar-refractivity contribution in [2.24, 2.45) is 0 Å². The molecule has 0 unspecified atom stereocenters. The fraction of sp³-hybridized carbons (Fsp3) is 0.333. The third-order valence-corrected chi connectivity index (χ3v) is 1.47. The third-order valence-electron chi connectivity index (χ3n) is 1.47. The Labute approximate surface area is 99.6 Å². The average molecular weight is 178 g/mol. The summed E-state index contributed by atoms with van der Waals surface area (Å²) >= 11 is 0. The standard InChI is InChI=1S/C9H12.Na.H2S.H/c1-8(2)9-6-4-3-5-7-9;;;/h3-8H,1-2H3;;1H2;/q;+1;;-1. The number of hydrogen-bond acceptors (Lipinski definition) is 0.